The summed E-state index contributed by atoms with van der Waals surface area (Å²) in [7, 11) is 0. The van der Waals surface area contributed by atoms with Crippen molar-refractivity contribution in [1.82, 2.24) is 0 Å². The molecule has 1 radical (unpaired) electrons. The van der Waals surface area contributed by atoms with Gasteiger partial charge in [-0.3, -0.25) is 5.11 Å². The maximum atomic E-state index is 11.6. The second kappa shape index (κ2) is 8.46. The van der Waals surface area contributed by atoms with Crippen molar-refractivity contribution in [3.63, 3.8) is 0 Å². The van der Waals surface area contributed by atoms with E-state index in [1.54, 1.807) is 6.08 Å². The second-order valence-corrected chi connectivity index (χ2v) is 5.85. The van der Waals surface area contributed by atoms with Gasteiger partial charge >= 0.3 is 0 Å². The monoisotopic (exact) mass is 251 g/mol. The molecule has 2 atom stereocenters. The Morgan fingerprint density at radius 2 is 2.35 bits per heavy atom. The first-order valence-corrected chi connectivity index (χ1v) is 7.59. The minimum atomic E-state index is 0.263. The topological polar surface area (TPSA) is 19.9 Å². The van der Waals surface area contributed by atoms with Gasteiger partial charge in [-0.2, -0.15) is 11.8 Å². The van der Waals surface area contributed by atoms with Crippen LogP contribution in [-0.4, -0.2) is 11.0 Å². The maximum absolute atomic E-state index is 11.6. The van der Waals surface area contributed by atoms with E-state index in [0.29, 0.717) is 17.6 Å². The molecule has 95 valence electrons. The van der Waals surface area contributed by atoms with E-state index in [-0.39, 0.29) is 5.76 Å². The highest BCUT2D eigenvalue weighted by atomic mass is 32.2. The highest BCUT2D eigenvalue weighted by Crippen LogP contribution is 2.30. The van der Waals surface area contributed by atoms with Crippen molar-refractivity contribution >= 4 is 11.8 Å². The molecule has 0 aliphatic heterocycles. The van der Waals surface area contributed by atoms with Gasteiger partial charge < -0.3 is 0 Å². The van der Waals surface area contributed by atoms with E-state index in [1.165, 1.54) is 18.6 Å². The molecule has 0 saturated heterocycles. The number of hydrogen-bond acceptors (Lipinski definition) is 1. The number of hydrogen-bond donors (Lipinski definition) is 0. The molecular weight excluding hydrogens is 228 g/mol. The first kappa shape index (κ1) is 14.4. The SMILES string of the molecule is C=CCCC([O])=CC1C=CC(SCCCC)C1. The quantitative estimate of drug-likeness (QED) is 0.346. The van der Waals surface area contributed by atoms with Crippen LogP contribution in [0.2, 0.25) is 0 Å². The minimum Gasteiger partial charge on any atom is -0.295 e. The molecule has 2 unspecified atom stereocenters. The van der Waals surface area contributed by atoms with Crippen molar-refractivity contribution in [3.8, 4) is 0 Å². The summed E-state index contributed by atoms with van der Waals surface area (Å²) in [6.07, 6.45) is 13.2. The van der Waals surface area contributed by atoms with Crippen molar-refractivity contribution in [1.29, 1.82) is 0 Å². The van der Waals surface area contributed by atoms with E-state index in [4.69, 9.17) is 0 Å². The second-order valence-electron chi connectivity index (χ2n) is 4.51. The fourth-order valence-corrected chi connectivity index (χ4v) is 3.20. The van der Waals surface area contributed by atoms with Crippen LogP contribution >= 0.6 is 11.8 Å². The standard InChI is InChI=1S/C15H23OS/c1-3-5-7-14(16)11-13-8-9-15(12-13)17-10-6-4-2/h3,8-9,11,13,15H,1,4-7,10,12H2,2H3. The Morgan fingerprint density at radius 1 is 1.53 bits per heavy atom. The van der Waals surface area contributed by atoms with Crippen molar-refractivity contribution in [2.24, 2.45) is 5.92 Å². The Bertz CT molecular complexity index is 281. The minimum absolute atomic E-state index is 0.263. The van der Waals surface area contributed by atoms with Crippen LogP contribution in [0, 0.1) is 5.92 Å². The number of thioether (sulfide) groups is 1. The third kappa shape index (κ3) is 6.02. The molecule has 0 saturated carbocycles. The first-order valence-electron chi connectivity index (χ1n) is 6.54. The molecule has 1 aliphatic carbocycles. The molecule has 1 aliphatic rings. The Balaban J connectivity index is 2.25. The maximum Gasteiger partial charge on any atom is 0.152 e. The molecule has 0 fully saturated rings. The third-order valence-electron chi connectivity index (χ3n) is 2.90. The van der Waals surface area contributed by atoms with Crippen LogP contribution in [0.4, 0.5) is 0 Å². The number of rotatable bonds is 8. The molecule has 0 aromatic rings. The summed E-state index contributed by atoms with van der Waals surface area (Å²) in [5.74, 6) is 1.87. The van der Waals surface area contributed by atoms with E-state index in [1.807, 2.05) is 17.8 Å². The zero-order valence-electron chi connectivity index (χ0n) is 10.7. The average molecular weight is 251 g/mol. The average Bonchev–Trinajstić information content (AvgIpc) is 2.74. The van der Waals surface area contributed by atoms with Crippen molar-refractivity contribution in [2.45, 2.75) is 44.3 Å². The summed E-state index contributed by atoms with van der Waals surface area (Å²) >= 11 is 2.02. The highest BCUT2D eigenvalue weighted by Gasteiger charge is 2.17. The van der Waals surface area contributed by atoms with E-state index >= 15 is 0 Å². The lowest BCUT2D eigenvalue weighted by Gasteiger charge is -2.08. The van der Waals surface area contributed by atoms with Crippen LogP contribution in [0.5, 0.6) is 0 Å². The summed E-state index contributed by atoms with van der Waals surface area (Å²) in [6.45, 7) is 5.86. The molecule has 0 amide bonds. The normalized spacial score (nSPS) is 24.2. The fourth-order valence-electron chi connectivity index (χ4n) is 1.88. The number of allylic oxidation sites excluding steroid dienone is 4. The zero-order chi connectivity index (χ0) is 12.5. The van der Waals surface area contributed by atoms with Gasteiger partial charge in [0.2, 0.25) is 0 Å². The fraction of sp³-hybridized carbons (Fsp3) is 0.600. The molecule has 0 aromatic heterocycles. The lowest BCUT2D eigenvalue weighted by atomic mass is 10.1. The predicted molar refractivity (Wildman–Crippen MR) is 76.6 cm³/mol. The first-order chi connectivity index (χ1) is 8.26. The zero-order valence-corrected chi connectivity index (χ0v) is 11.5. The lowest BCUT2D eigenvalue weighted by Crippen LogP contribution is -1.99. The molecule has 17 heavy (non-hydrogen) atoms. The molecule has 1 nitrogen and oxygen atoms in total. The van der Waals surface area contributed by atoms with Gasteiger partial charge in [-0.1, -0.05) is 31.6 Å². The van der Waals surface area contributed by atoms with Crippen LogP contribution in [0.25, 0.3) is 0 Å². The van der Waals surface area contributed by atoms with Crippen LogP contribution in [0.15, 0.2) is 36.6 Å². The smallest absolute Gasteiger partial charge is 0.152 e. The van der Waals surface area contributed by atoms with Gasteiger partial charge in [0.1, 0.15) is 0 Å². The van der Waals surface area contributed by atoms with Gasteiger partial charge in [-0.25, -0.2) is 0 Å². The summed E-state index contributed by atoms with van der Waals surface area (Å²) in [5.41, 5.74) is 0. The van der Waals surface area contributed by atoms with Crippen LogP contribution in [-0.2, 0) is 5.11 Å². The Hall–Kier alpha value is -0.630. The van der Waals surface area contributed by atoms with Crippen LogP contribution < -0.4 is 0 Å². The van der Waals surface area contributed by atoms with Gasteiger partial charge in [0, 0.05) is 11.7 Å². The van der Waals surface area contributed by atoms with Crippen LogP contribution in [0.1, 0.15) is 39.0 Å². The van der Waals surface area contributed by atoms with E-state index < -0.39 is 0 Å². The van der Waals surface area contributed by atoms with E-state index in [9.17, 15) is 5.11 Å². The molecule has 1 rings (SSSR count). The molecule has 0 heterocycles. The lowest BCUT2D eigenvalue weighted by molar-refractivity contribution is 0.278. The highest BCUT2D eigenvalue weighted by molar-refractivity contribution is 8.00. The third-order valence-corrected chi connectivity index (χ3v) is 4.20. The Labute approximate surface area is 110 Å². The van der Waals surface area contributed by atoms with Gasteiger partial charge in [-0.15, -0.1) is 6.58 Å². The summed E-state index contributed by atoms with van der Waals surface area (Å²) in [4.78, 5) is 0. The van der Waals surface area contributed by atoms with Crippen LogP contribution in [0.3, 0.4) is 0 Å². The van der Waals surface area contributed by atoms with Gasteiger partial charge in [-0.05, 0) is 37.0 Å². The summed E-state index contributed by atoms with van der Waals surface area (Å²) in [6, 6.07) is 0. The largest absolute Gasteiger partial charge is 0.295 e. The molecular formula is C15H23OS. The molecule has 0 N–H and O–H groups in total. The summed E-state index contributed by atoms with van der Waals surface area (Å²) < 4.78 is 0. The molecule has 0 aromatic carbocycles. The Morgan fingerprint density at radius 3 is 3.06 bits per heavy atom. The van der Waals surface area contributed by atoms with Crippen molar-refractivity contribution in [3.05, 3.63) is 36.6 Å². The van der Waals surface area contributed by atoms with E-state index in [2.05, 4.69) is 25.7 Å². The molecule has 0 spiro atoms. The van der Waals surface area contributed by atoms with Crippen molar-refractivity contribution < 1.29 is 5.11 Å². The van der Waals surface area contributed by atoms with Gasteiger partial charge in [0.15, 0.2) is 5.76 Å². The van der Waals surface area contributed by atoms with Crippen molar-refractivity contribution in [2.75, 3.05) is 5.75 Å². The molecule has 0 bridgehead atoms. The van der Waals surface area contributed by atoms with Gasteiger partial charge in [0.05, 0.1) is 0 Å². The van der Waals surface area contributed by atoms with E-state index in [0.717, 1.165) is 12.8 Å². The summed E-state index contributed by atoms with van der Waals surface area (Å²) in [5, 5.41) is 12.2. The van der Waals surface area contributed by atoms with Gasteiger partial charge in [0.25, 0.3) is 0 Å². The Kier molecular flexibility index (Phi) is 7.18. The molecule has 2 heteroatoms. The number of unbranched alkanes of at least 4 members (excludes halogenated alkanes) is 1. The predicted octanol–water partition coefficient (Wildman–Crippen LogP) is 4.75.